The third-order valence-electron chi connectivity index (χ3n) is 2.81. The molecular formula is C14H12Cl2N4O3S. The summed E-state index contributed by atoms with van der Waals surface area (Å²) in [5, 5.41) is 3.20. The number of nitrogens with zero attached hydrogens (tertiary/aromatic N) is 1. The minimum atomic E-state index is -3.98. The number of rotatable bonds is 4. The first kappa shape index (κ1) is 18.1. The first-order valence-electron chi connectivity index (χ1n) is 6.41. The van der Waals surface area contributed by atoms with Gasteiger partial charge in [0, 0.05) is 10.7 Å². The quantitative estimate of drug-likeness (QED) is 0.547. The van der Waals surface area contributed by atoms with Crippen LogP contribution in [0.2, 0.25) is 10.0 Å². The summed E-state index contributed by atoms with van der Waals surface area (Å²) in [5.74, 6) is -1.03. The summed E-state index contributed by atoms with van der Waals surface area (Å²) < 4.78 is 26.8. The van der Waals surface area contributed by atoms with Gasteiger partial charge in [-0.25, -0.2) is 0 Å². The van der Waals surface area contributed by atoms with Crippen LogP contribution in [0.25, 0.3) is 0 Å². The number of amides is 1. The van der Waals surface area contributed by atoms with E-state index in [0.717, 1.165) is 0 Å². The highest BCUT2D eigenvalue weighted by Crippen LogP contribution is 2.22. The van der Waals surface area contributed by atoms with Gasteiger partial charge in [-0.05, 0) is 42.5 Å². The molecule has 0 heterocycles. The second-order valence-electron chi connectivity index (χ2n) is 4.59. The molecule has 0 spiro atoms. The van der Waals surface area contributed by atoms with Gasteiger partial charge in [0.1, 0.15) is 0 Å². The molecule has 126 valence electrons. The maximum Gasteiger partial charge on any atom is 0.285 e. The Morgan fingerprint density at radius 2 is 1.67 bits per heavy atom. The van der Waals surface area contributed by atoms with Gasteiger partial charge >= 0.3 is 0 Å². The molecule has 5 N–H and O–H groups in total. The van der Waals surface area contributed by atoms with Gasteiger partial charge in [-0.3, -0.25) is 4.79 Å². The molecule has 0 bridgehead atoms. The van der Waals surface area contributed by atoms with Crippen molar-refractivity contribution in [2.75, 3.05) is 5.32 Å². The lowest BCUT2D eigenvalue weighted by Gasteiger charge is -2.08. The number of sulfonamides is 1. The van der Waals surface area contributed by atoms with Gasteiger partial charge in [-0.2, -0.15) is 8.42 Å². The van der Waals surface area contributed by atoms with Crippen molar-refractivity contribution >= 4 is 50.8 Å². The second-order valence-corrected chi connectivity index (χ2v) is 7.04. The van der Waals surface area contributed by atoms with E-state index in [1.165, 1.54) is 42.5 Å². The Hall–Kier alpha value is -2.29. The van der Waals surface area contributed by atoms with Crippen LogP contribution in [-0.2, 0) is 10.0 Å². The van der Waals surface area contributed by atoms with E-state index in [1.54, 1.807) is 0 Å². The van der Waals surface area contributed by atoms with Crippen LogP contribution in [0.1, 0.15) is 10.4 Å². The molecule has 2 aromatic rings. The first-order chi connectivity index (χ1) is 11.2. The number of carbonyl (C=O) groups is 1. The minimum absolute atomic E-state index is 0.113. The Kier molecular flexibility index (Phi) is 5.33. The number of hydrogen-bond donors (Lipinski definition) is 3. The fourth-order valence-electron chi connectivity index (χ4n) is 1.77. The van der Waals surface area contributed by atoms with Crippen molar-refractivity contribution in [3.8, 4) is 0 Å². The van der Waals surface area contributed by atoms with Gasteiger partial charge in [-0.15, -0.1) is 4.40 Å². The molecule has 0 aliphatic heterocycles. The summed E-state index contributed by atoms with van der Waals surface area (Å²) in [6.45, 7) is 0. The highest BCUT2D eigenvalue weighted by molar-refractivity contribution is 7.90. The molecule has 0 aliphatic rings. The van der Waals surface area contributed by atoms with Crippen molar-refractivity contribution in [3.05, 3.63) is 58.1 Å². The third kappa shape index (κ3) is 4.38. The highest BCUT2D eigenvalue weighted by atomic mass is 35.5. The van der Waals surface area contributed by atoms with E-state index in [1.807, 2.05) is 0 Å². The van der Waals surface area contributed by atoms with E-state index in [0.29, 0.717) is 10.7 Å². The van der Waals surface area contributed by atoms with Gasteiger partial charge in [0.2, 0.25) is 5.96 Å². The zero-order valence-corrected chi connectivity index (χ0v) is 14.4. The maximum atomic E-state index is 12.2. The fourth-order valence-corrected chi connectivity index (χ4v) is 3.13. The Bertz CT molecular complexity index is 908. The van der Waals surface area contributed by atoms with E-state index in [-0.39, 0.29) is 15.5 Å². The van der Waals surface area contributed by atoms with Crippen LogP contribution in [0.15, 0.2) is 51.8 Å². The zero-order chi connectivity index (χ0) is 17.9. The van der Waals surface area contributed by atoms with Crippen LogP contribution >= 0.6 is 23.2 Å². The van der Waals surface area contributed by atoms with Crippen molar-refractivity contribution in [2.24, 2.45) is 15.9 Å². The predicted octanol–water partition coefficient (Wildman–Crippen LogP) is 2.21. The Morgan fingerprint density at radius 1 is 1.04 bits per heavy atom. The molecule has 7 nitrogen and oxygen atoms in total. The SMILES string of the molecule is NC(N)=NS(=O)(=O)c1ccc(NC(=O)c2ccc(Cl)cc2Cl)cc1. The summed E-state index contributed by atoms with van der Waals surface area (Å²) in [6.07, 6.45) is 0. The minimum Gasteiger partial charge on any atom is -0.369 e. The van der Waals surface area contributed by atoms with Gasteiger partial charge in [0.15, 0.2) is 0 Å². The van der Waals surface area contributed by atoms with Crippen molar-refractivity contribution in [1.82, 2.24) is 0 Å². The van der Waals surface area contributed by atoms with Gasteiger partial charge in [-0.1, -0.05) is 23.2 Å². The number of nitrogens with one attached hydrogen (secondary N) is 1. The molecule has 0 unspecified atom stereocenters. The third-order valence-corrected chi connectivity index (χ3v) is 4.68. The van der Waals surface area contributed by atoms with Crippen LogP contribution in [0.3, 0.4) is 0 Å². The van der Waals surface area contributed by atoms with Gasteiger partial charge in [0.25, 0.3) is 15.9 Å². The topological polar surface area (TPSA) is 128 Å². The molecule has 0 aromatic heterocycles. The lowest BCUT2D eigenvalue weighted by Crippen LogP contribution is -2.24. The van der Waals surface area contributed by atoms with Crippen molar-refractivity contribution in [2.45, 2.75) is 4.90 Å². The van der Waals surface area contributed by atoms with Gasteiger partial charge < -0.3 is 16.8 Å². The Balaban J connectivity index is 2.20. The smallest absolute Gasteiger partial charge is 0.285 e. The van der Waals surface area contributed by atoms with Crippen LogP contribution in [0.5, 0.6) is 0 Å². The van der Waals surface area contributed by atoms with Crippen molar-refractivity contribution < 1.29 is 13.2 Å². The van der Waals surface area contributed by atoms with Crippen molar-refractivity contribution in [1.29, 1.82) is 0 Å². The molecule has 0 atom stereocenters. The summed E-state index contributed by atoms with van der Waals surface area (Å²) >= 11 is 11.7. The molecule has 2 rings (SSSR count). The van der Waals surface area contributed by atoms with Crippen molar-refractivity contribution in [3.63, 3.8) is 0 Å². The van der Waals surface area contributed by atoms with E-state index >= 15 is 0 Å². The number of hydrogen-bond acceptors (Lipinski definition) is 3. The van der Waals surface area contributed by atoms with Gasteiger partial charge in [0.05, 0.1) is 15.5 Å². The van der Waals surface area contributed by atoms with E-state index in [4.69, 9.17) is 34.7 Å². The first-order valence-corrected chi connectivity index (χ1v) is 8.61. The lowest BCUT2D eigenvalue weighted by atomic mass is 10.2. The van der Waals surface area contributed by atoms with Crippen LogP contribution in [0, 0.1) is 0 Å². The Labute approximate surface area is 148 Å². The number of carbonyl (C=O) groups excluding carboxylic acids is 1. The summed E-state index contributed by atoms with van der Waals surface area (Å²) in [6, 6.07) is 9.79. The average Bonchev–Trinajstić information content (AvgIpc) is 2.46. The molecule has 24 heavy (non-hydrogen) atoms. The maximum absolute atomic E-state index is 12.2. The lowest BCUT2D eigenvalue weighted by molar-refractivity contribution is 0.102. The molecule has 1 amide bonds. The number of guanidine groups is 1. The van der Waals surface area contributed by atoms with E-state index in [9.17, 15) is 13.2 Å². The second kappa shape index (κ2) is 7.08. The fraction of sp³-hybridized carbons (Fsp3) is 0. The monoisotopic (exact) mass is 386 g/mol. The predicted molar refractivity (Wildman–Crippen MR) is 93.9 cm³/mol. The van der Waals surface area contributed by atoms with Crippen LogP contribution < -0.4 is 16.8 Å². The van der Waals surface area contributed by atoms with Crippen LogP contribution in [-0.4, -0.2) is 20.3 Å². The summed E-state index contributed by atoms with van der Waals surface area (Å²) in [7, 11) is -3.98. The van der Waals surface area contributed by atoms with E-state index < -0.39 is 21.9 Å². The normalized spacial score (nSPS) is 10.9. The average molecular weight is 387 g/mol. The number of halogens is 2. The van der Waals surface area contributed by atoms with Crippen LogP contribution in [0.4, 0.5) is 5.69 Å². The molecule has 10 heteroatoms. The molecule has 0 radical (unpaired) electrons. The molecule has 0 saturated heterocycles. The molecule has 0 aliphatic carbocycles. The number of nitrogens with two attached hydrogens (primary N) is 2. The summed E-state index contributed by atoms with van der Waals surface area (Å²) in [5.41, 5.74) is 10.7. The van der Waals surface area contributed by atoms with E-state index in [2.05, 4.69) is 9.71 Å². The number of benzene rings is 2. The molecule has 2 aromatic carbocycles. The molecular weight excluding hydrogens is 375 g/mol. The zero-order valence-electron chi connectivity index (χ0n) is 12.0. The molecule has 0 saturated carbocycles. The Morgan fingerprint density at radius 3 is 2.21 bits per heavy atom. The molecule has 0 fully saturated rings. The standard InChI is InChI=1S/C14H12Cl2N4O3S/c15-8-1-6-11(12(16)7-8)13(21)19-9-2-4-10(5-3-9)24(22,23)20-14(17)18/h1-7H,(H,19,21)(H4,17,18,20). The highest BCUT2D eigenvalue weighted by Gasteiger charge is 2.14. The number of anilines is 1. The largest absolute Gasteiger partial charge is 0.369 e. The summed E-state index contributed by atoms with van der Waals surface area (Å²) in [4.78, 5) is 12.0.